The SMILES string of the molecule is CC(C)C1NC(=O)CC2/C=C/CCSSCC(NC1=O)C(=O)CC(C(C)SCC(NC(=O)CCC(N)C(=O)O)C(=O)NCC(=O)O)C(=O)NC(C(C)C)C(=O)O2. The zero-order valence-electron chi connectivity index (χ0n) is 32.1. The predicted molar refractivity (Wildman–Crippen MR) is 211 cm³/mol. The van der Waals surface area contributed by atoms with E-state index < -0.39 is 126 Å². The Kier molecular flexibility index (Phi) is 20.8. The van der Waals surface area contributed by atoms with Gasteiger partial charge in [-0.2, -0.15) is 11.8 Å². The van der Waals surface area contributed by atoms with Crippen molar-refractivity contribution < 1.29 is 58.1 Å². The third-order valence-corrected chi connectivity index (χ3v) is 12.6. The molecule has 2 aliphatic heterocycles. The maximum atomic E-state index is 14.2. The van der Waals surface area contributed by atoms with Crippen LogP contribution in [0.2, 0.25) is 0 Å². The number of nitrogens with one attached hydrogen (secondary N) is 5. The van der Waals surface area contributed by atoms with Crippen LogP contribution in [0.3, 0.4) is 0 Å². The summed E-state index contributed by atoms with van der Waals surface area (Å²) in [5, 5.41) is 30.2. The summed E-state index contributed by atoms with van der Waals surface area (Å²) in [6.07, 6.45) is 1.59. The van der Waals surface area contributed by atoms with Gasteiger partial charge in [-0.1, -0.05) is 62.3 Å². The van der Waals surface area contributed by atoms with E-state index in [1.165, 1.54) is 21.6 Å². The molecule has 2 aliphatic rings. The number of carbonyl (C=O) groups excluding carboxylic acids is 7. The highest BCUT2D eigenvalue weighted by Gasteiger charge is 2.38. The van der Waals surface area contributed by atoms with Crippen molar-refractivity contribution in [2.45, 2.75) is 108 Å². The van der Waals surface area contributed by atoms with Gasteiger partial charge in [0.2, 0.25) is 29.5 Å². The molecule has 1 saturated heterocycles. The lowest BCUT2D eigenvalue weighted by molar-refractivity contribution is -0.154. The number of fused-ring (bicyclic) bond motifs is 7. The Balaban J connectivity index is 2.53. The van der Waals surface area contributed by atoms with Crippen LogP contribution in [0, 0.1) is 17.8 Å². The van der Waals surface area contributed by atoms with Gasteiger partial charge < -0.3 is 47.3 Å². The number of hydrogen-bond donors (Lipinski definition) is 8. The van der Waals surface area contributed by atoms with Gasteiger partial charge in [-0.3, -0.25) is 38.4 Å². The number of rotatable bonds is 14. The fourth-order valence-corrected chi connectivity index (χ4v) is 8.81. The first kappa shape index (κ1) is 48.3. The molecule has 0 spiro atoms. The van der Waals surface area contributed by atoms with Crippen molar-refractivity contribution in [3.05, 3.63) is 12.2 Å². The highest BCUT2D eigenvalue weighted by atomic mass is 33.1. The van der Waals surface area contributed by atoms with E-state index in [1.54, 1.807) is 46.8 Å². The maximum absolute atomic E-state index is 14.2. The molecular weight excluding hydrogens is 793 g/mol. The smallest absolute Gasteiger partial charge is 0.329 e. The zero-order chi connectivity index (χ0) is 42.1. The molecule has 0 aromatic heterocycles. The van der Waals surface area contributed by atoms with Crippen molar-refractivity contribution in [2.75, 3.05) is 23.8 Å². The van der Waals surface area contributed by atoms with E-state index in [2.05, 4.69) is 26.6 Å². The first-order valence-corrected chi connectivity index (χ1v) is 21.8. The van der Waals surface area contributed by atoms with Gasteiger partial charge in [0.25, 0.3) is 0 Å². The Labute approximate surface area is 337 Å². The van der Waals surface area contributed by atoms with E-state index in [0.29, 0.717) is 12.2 Å². The molecule has 8 unspecified atom stereocenters. The Morgan fingerprint density at radius 1 is 0.946 bits per heavy atom. The Morgan fingerprint density at radius 3 is 2.25 bits per heavy atom. The number of carboxylic acid groups (broad SMARTS) is 2. The number of hydrogen-bond acceptors (Lipinski definition) is 14. The summed E-state index contributed by atoms with van der Waals surface area (Å²) in [6, 6.07) is -6.00. The predicted octanol–water partition coefficient (Wildman–Crippen LogP) is -0.0156. The number of allylic oxidation sites excluding steroid dienone is 1. The number of nitrogens with two attached hydrogens (primary N) is 1. The van der Waals surface area contributed by atoms with Crippen molar-refractivity contribution >= 4 is 86.6 Å². The van der Waals surface area contributed by atoms with Gasteiger partial charge in [0.1, 0.15) is 36.8 Å². The number of carbonyl (C=O) groups is 9. The third-order valence-electron chi connectivity index (χ3n) is 8.80. The highest BCUT2D eigenvalue weighted by Crippen LogP contribution is 2.28. The summed E-state index contributed by atoms with van der Waals surface area (Å²) < 4.78 is 5.77. The van der Waals surface area contributed by atoms with Crippen molar-refractivity contribution in [2.24, 2.45) is 23.5 Å². The minimum atomic E-state index is -1.35. The van der Waals surface area contributed by atoms with E-state index in [1.807, 2.05) is 0 Å². The quantitative estimate of drug-likeness (QED) is 0.0648. The van der Waals surface area contributed by atoms with Gasteiger partial charge in [0, 0.05) is 35.4 Å². The molecule has 18 nitrogen and oxygen atoms in total. The molecular formula is C35H54N6O12S3. The van der Waals surface area contributed by atoms with Crippen LogP contribution < -0.4 is 32.3 Å². The van der Waals surface area contributed by atoms with E-state index in [-0.39, 0.29) is 30.8 Å². The van der Waals surface area contributed by atoms with Crippen LogP contribution in [0.25, 0.3) is 0 Å². The topological polar surface area (TPSA) is 289 Å². The van der Waals surface area contributed by atoms with Crippen molar-refractivity contribution in [1.82, 2.24) is 26.6 Å². The molecule has 314 valence electrons. The van der Waals surface area contributed by atoms with Gasteiger partial charge in [0.05, 0.1) is 18.4 Å². The first-order valence-electron chi connectivity index (χ1n) is 18.2. The van der Waals surface area contributed by atoms with Gasteiger partial charge in [0.15, 0.2) is 5.78 Å². The molecule has 56 heavy (non-hydrogen) atoms. The summed E-state index contributed by atoms with van der Waals surface area (Å²) in [5.74, 6) is -9.00. The standard InChI is InChI=1S/C35H54N6O12S3/c1-17(2)29-33(49)39-23-16-56-55-11-7-6-8-20(12-27(44)40-29)53-35(52)30(18(3)4)41-31(47)21(13-25(23)42)19(5)54-15-24(32(48)37-14-28(45)46)38-26(43)10-9-22(36)34(50)51/h6,8,17-24,29-30H,7,9-16,36H2,1-5H3,(H,37,48)(H,38,43)(H,39,49)(H,40,44)(H,41,47)(H,45,46)(H,50,51)/b8-6+. The van der Waals surface area contributed by atoms with Crippen LogP contribution in [0.1, 0.15) is 66.7 Å². The number of aliphatic carboxylic acids is 2. The number of carboxylic acids is 2. The molecule has 1 fully saturated rings. The van der Waals surface area contributed by atoms with Crippen LogP contribution in [-0.2, 0) is 47.9 Å². The molecule has 0 radical (unpaired) electrons. The second kappa shape index (κ2) is 24.1. The van der Waals surface area contributed by atoms with Crippen molar-refractivity contribution in [3.8, 4) is 0 Å². The van der Waals surface area contributed by atoms with E-state index in [4.69, 9.17) is 20.7 Å². The molecule has 2 heterocycles. The minimum Gasteiger partial charge on any atom is -0.480 e. The van der Waals surface area contributed by atoms with Gasteiger partial charge >= 0.3 is 17.9 Å². The van der Waals surface area contributed by atoms with Gasteiger partial charge in [-0.25, -0.2) is 4.79 Å². The largest absolute Gasteiger partial charge is 0.480 e. The molecule has 21 heteroatoms. The molecule has 0 aromatic carbocycles. The maximum Gasteiger partial charge on any atom is 0.329 e. The van der Waals surface area contributed by atoms with Crippen LogP contribution >= 0.6 is 33.3 Å². The third kappa shape index (κ3) is 16.7. The Morgan fingerprint density at radius 2 is 1.62 bits per heavy atom. The molecule has 0 saturated carbocycles. The van der Waals surface area contributed by atoms with Crippen LogP contribution in [0.4, 0.5) is 0 Å². The second-order valence-electron chi connectivity index (χ2n) is 14.1. The van der Waals surface area contributed by atoms with Crippen LogP contribution in [0.15, 0.2) is 12.2 Å². The summed E-state index contributed by atoms with van der Waals surface area (Å²) in [4.78, 5) is 117. The molecule has 9 N–H and O–H groups in total. The lowest BCUT2D eigenvalue weighted by Gasteiger charge is -2.30. The zero-order valence-corrected chi connectivity index (χ0v) is 34.5. The summed E-state index contributed by atoms with van der Waals surface area (Å²) in [7, 11) is 2.80. The molecule has 2 bridgehead atoms. The number of ketones is 1. The molecule has 8 atom stereocenters. The van der Waals surface area contributed by atoms with Crippen molar-refractivity contribution in [1.29, 1.82) is 0 Å². The lowest BCUT2D eigenvalue weighted by atomic mass is 9.93. The van der Waals surface area contributed by atoms with Crippen molar-refractivity contribution in [3.63, 3.8) is 0 Å². The summed E-state index contributed by atoms with van der Waals surface area (Å²) in [6.45, 7) is 7.67. The first-order chi connectivity index (χ1) is 26.3. The Hall–Kier alpha value is -3.82. The molecule has 5 amide bonds. The van der Waals surface area contributed by atoms with E-state index in [9.17, 15) is 43.2 Å². The monoisotopic (exact) mass is 846 g/mol. The number of ether oxygens (including phenoxy) is 1. The summed E-state index contributed by atoms with van der Waals surface area (Å²) >= 11 is 1.01. The molecule has 0 aliphatic carbocycles. The number of amides is 5. The fraction of sp³-hybridized carbons (Fsp3) is 0.686. The van der Waals surface area contributed by atoms with Gasteiger partial charge in [-0.15, -0.1) is 0 Å². The normalized spacial score (nSPS) is 25.4. The van der Waals surface area contributed by atoms with E-state index >= 15 is 0 Å². The molecule has 0 aromatic rings. The minimum absolute atomic E-state index is 0.135. The second-order valence-corrected chi connectivity index (χ2v) is 18.2. The number of esters is 1. The lowest BCUT2D eigenvalue weighted by Crippen LogP contribution is -2.56. The Bertz CT molecular complexity index is 1480. The summed E-state index contributed by atoms with van der Waals surface area (Å²) in [5.41, 5.74) is 5.50. The molecule has 2 rings (SSSR count). The highest BCUT2D eigenvalue weighted by molar-refractivity contribution is 8.76. The number of thioether (sulfide) groups is 1. The fourth-order valence-electron chi connectivity index (χ4n) is 5.44. The van der Waals surface area contributed by atoms with Crippen LogP contribution in [0.5, 0.6) is 0 Å². The van der Waals surface area contributed by atoms with Crippen LogP contribution in [-0.4, -0.2) is 129 Å². The van der Waals surface area contributed by atoms with E-state index in [0.717, 1.165) is 11.8 Å². The average molecular weight is 847 g/mol. The number of Topliss-reactive ketones (excluding diaryl/α,β-unsaturated/α-hetero) is 1. The average Bonchev–Trinajstić information content (AvgIpc) is 3.12. The van der Waals surface area contributed by atoms with Gasteiger partial charge in [-0.05, 0) is 30.8 Å².